The standard InChI is InChI=1S/C20H39N5O4/c1-12(2)9-15(21-7)19(29)25-20(6,11-26)24-14(5)17(27)23-16(10-13(3)4)18(28)22-8/h11-16,21,24H,9-10H2,1-8H3,(H,22,28)(H,23,27)(H,25,29). The summed E-state index contributed by atoms with van der Waals surface area (Å²) < 4.78 is 0. The third-order valence-electron chi connectivity index (χ3n) is 4.49. The minimum Gasteiger partial charge on any atom is -0.357 e. The summed E-state index contributed by atoms with van der Waals surface area (Å²) in [5.74, 6) is -0.551. The van der Waals surface area contributed by atoms with Gasteiger partial charge in [0.05, 0.1) is 12.1 Å². The van der Waals surface area contributed by atoms with Gasteiger partial charge in [-0.05, 0) is 45.6 Å². The number of carbonyl (C=O) groups is 4. The molecule has 0 bridgehead atoms. The lowest BCUT2D eigenvalue weighted by atomic mass is 10.0. The normalized spacial score (nSPS) is 16.5. The number of carbonyl (C=O) groups excluding carboxylic acids is 4. The van der Waals surface area contributed by atoms with Crippen molar-refractivity contribution in [2.75, 3.05) is 14.1 Å². The Bertz CT molecular complexity index is 567. The molecule has 0 aliphatic heterocycles. The van der Waals surface area contributed by atoms with Gasteiger partial charge in [0.25, 0.3) is 0 Å². The van der Waals surface area contributed by atoms with Gasteiger partial charge in [0, 0.05) is 7.05 Å². The predicted octanol–water partition coefficient (Wildman–Crippen LogP) is -0.0932. The van der Waals surface area contributed by atoms with E-state index in [0.29, 0.717) is 25.0 Å². The smallest absolute Gasteiger partial charge is 0.242 e. The highest BCUT2D eigenvalue weighted by Gasteiger charge is 2.33. The fourth-order valence-electron chi connectivity index (χ4n) is 2.96. The molecule has 0 fully saturated rings. The van der Waals surface area contributed by atoms with E-state index in [0.717, 1.165) is 0 Å². The second-order valence-corrected chi connectivity index (χ2v) is 8.45. The second-order valence-electron chi connectivity index (χ2n) is 8.45. The van der Waals surface area contributed by atoms with Crippen molar-refractivity contribution in [1.29, 1.82) is 0 Å². The molecule has 9 nitrogen and oxygen atoms in total. The molecule has 0 aliphatic rings. The zero-order valence-electron chi connectivity index (χ0n) is 19.0. The summed E-state index contributed by atoms with van der Waals surface area (Å²) in [5.41, 5.74) is -1.43. The van der Waals surface area contributed by atoms with E-state index in [4.69, 9.17) is 0 Å². The van der Waals surface area contributed by atoms with Crippen molar-refractivity contribution >= 4 is 24.0 Å². The van der Waals surface area contributed by atoms with E-state index >= 15 is 0 Å². The molecule has 0 aliphatic carbocycles. The molecule has 168 valence electrons. The summed E-state index contributed by atoms with van der Waals surface area (Å²) in [6.07, 6.45) is 1.65. The van der Waals surface area contributed by atoms with Crippen LogP contribution in [0, 0.1) is 11.8 Å². The van der Waals surface area contributed by atoms with Crippen molar-refractivity contribution in [2.24, 2.45) is 11.8 Å². The lowest BCUT2D eigenvalue weighted by Gasteiger charge is -2.32. The van der Waals surface area contributed by atoms with Crippen LogP contribution < -0.4 is 26.6 Å². The van der Waals surface area contributed by atoms with Gasteiger partial charge in [0.1, 0.15) is 11.7 Å². The Labute approximate surface area is 174 Å². The second kappa shape index (κ2) is 12.5. The molecule has 0 aromatic heterocycles. The summed E-state index contributed by atoms with van der Waals surface area (Å²) >= 11 is 0. The van der Waals surface area contributed by atoms with Gasteiger partial charge in [-0.15, -0.1) is 0 Å². The molecule has 29 heavy (non-hydrogen) atoms. The van der Waals surface area contributed by atoms with Crippen LogP contribution in [0.1, 0.15) is 54.4 Å². The van der Waals surface area contributed by atoms with Crippen LogP contribution in [0.5, 0.6) is 0 Å². The van der Waals surface area contributed by atoms with Gasteiger partial charge >= 0.3 is 0 Å². The zero-order chi connectivity index (χ0) is 22.8. The molecule has 5 N–H and O–H groups in total. The summed E-state index contributed by atoms with van der Waals surface area (Å²) in [4.78, 5) is 48.8. The van der Waals surface area contributed by atoms with E-state index in [1.165, 1.54) is 14.0 Å². The molecule has 0 heterocycles. The molecule has 0 aromatic carbocycles. The predicted molar refractivity (Wildman–Crippen MR) is 113 cm³/mol. The Morgan fingerprint density at radius 1 is 0.862 bits per heavy atom. The average molecular weight is 414 g/mol. The number of hydrogen-bond acceptors (Lipinski definition) is 6. The first-order chi connectivity index (χ1) is 13.4. The Morgan fingerprint density at radius 2 is 1.38 bits per heavy atom. The molecule has 0 spiro atoms. The van der Waals surface area contributed by atoms with E-state index < -0.39 is 29.7 Å². The van der Waals surface area contributed by atoms with E-state index in [1.54, 1.807) is 14.0 Å². The molecule has 4 unspecified atom stereocenters. The van der Waals surface area contributed by atoms with Crippen molar-refractivity contribution < 1.29 is 19.2 Å². The van der Waals surface area contributed by atoms with E-state index in [2.05, 4.69) is 26.6 Å². The van der Waals surface area contributed by atoms with E-state index in [1.807, 2.05) is 27.7 Å². The SMILES string of the molecule is CNC(=O)C(CC(C)C)NC(=O)C(C)NC(C)(C=O)NC(=O)C(CC(C)C)NC. The van der Waals surface area contributed by atoms with Gasteiger partial charge < -0.3 is 21.3 Å². The van der Waals surface area contributed by atoms with Crippen LogP contribution in [0.4, 0.5) is 0 Å². The third kappa shape index (κ3) is 9.85. The fourth-order valence-corrected chi connectivity index (χ4v) is 2.96. The van der Waals surface area contributed by atoms with Crippen molar-refractivity contribution in [3.05, 3.63) is 0 Å². The summed E-state index contributed by atoms with van der Waals surface area (Å²) in [6, 6.07) is -1.94. The summed E-state index contributed by atoms with van der Waals surface area (Å²) in [7, 11) is 3.19. The topological polar surface area (TPSA) is 128 Å². The highest BCUT2D eigenvalue weighted by atomic mass is 16.2. The first-order valence-electron chi connectivity index (χ1n) is 10.1. The number of likely N-dealkylation sites (N-methyl/N-ethyl adjacent to an activating group) is 2. The molecular weight excluding hydrogens is 374 g/mol. The minimum atomic E-state index is -1.43. The van der Waals surface area contributed by atoms with Gasteiger partial charge in [0.15, 0.2) is 6.29 Å². The average Bonchev–Trinajstić information content (AvgIpc) is 2.63. The van der Waals surface area contributed by atoms with Crippen LogP contribution in [0.15, 0.2) is 0 Å². The van der Waals surface area contributed by atoms with Crippen molar-refractivity contribution in [3.8, 4) is 0 Å². The summed E-state index contributed by atoms with van der Waals surface area (Å²) in [5, 5.41) is 13.7. The molecule has 0 saturated heterocycles. The number of amides is 3. The highest BCUT2D eigenvalue weighted by molar-refractivity contribution is 5.90. The monoisotopic (exact) mass is 413 g/mol. The fraction of sp³-hybridized carbons (Fsp3) is 0.800. The molecule has 9 heteroatoms. The van der Waals surface area contributed by atoms with Crippen LogP contribution >= 0.6 is 0 Å². The maximum atomic E-state index is 12.6. The number of rotatable bonds is 13. The molecule has 4 atom stereocenters. The minimum absolute atomic E-state index is 0.208. The van der Waals surface area contributed by atoms with E-state index in [9.17, 15) is 19.2 Å². The van der Waals surface area contributed by atoms with Crippen molar-refractivity contribution in [3.63, 3.8) is 0 Å². The van der Waals surface area contributed by atoms with Crippen LogP contribution in [0.25, 0.3) is 0 Å². The molecule has 0 radical (unpaired) electrons. The van der Waals surface area contributed by atoms with Crippen LogP contribution in [-0.2, 0) is 19.2 Å². The Balaban J connectivity index is 5.11. The number of nitrogens with one attached hydrogen (secondary N) is 5. The van der Waals surface area contributed by atoms with Gasteiger partial charge in [0.2, 0.25) is 17.7 Å². The van der Waals surface area contributed by atoms with Gasteiger partial charge in [-0.3, -0.25) is 24.5 Å². The van der Waals surface area contributed by atoms with E-state index in [-0.39, 0.29) is 17.7 Å². The number of hydrogen-bond donors (Lipinski definition) is 5. The summed E-state index contributed by atoms with van der Waals surface area (Å²) in [6.45, 7) is 11.0. The molecular formula is C20H39N5O4. The van der Waals surface area contributed by atoms with Crippen LogP contribution in [-0.4, -0.2) is 61.9 Å². The Kier molecular flexibility index (Phi) is 11.7. The highest BCUT2D eigenvalue weighted by Crippen LogP contribution is 2.08. The van der Waals surface area contributed by atoms with Gasteiger partial charge in [-0.25, -0.2) is 0 Å². The third-order valence-corrected chi connectivity index (χ3v) is 4.49. The Morgan fingerprint density at radius 3 is 1.79 bits per heavy atom. The Hall–Kier alpha value is -2.00. The zero-order valence-corrected chi connectivity index (χ0v) is 19.0. The van der Waals surface area contributed by atoms with Gasteiger partial charge in [-0.2, -0.15) is 0 Å². The first-order valence-corrected chi connectivity index (χ1v) is 10.1. The maximum Gasteiger partial charge on any atom is 0.242 e. The van der Waals surface area contributed by atoms with Crippen LogP contribution in [0.2, 0.25) is 0 Å². The lowest BCUT2D eigenvalue weighted by molar-refractivity contribution is -0.132. The van der Waals surface area contributed by atoms with Crippen LogP contribution in [0.3, 0.4) is 0 Å². The van der Waals surface area contributed by atoms with Crippen molar-refractivity contribution in [2.45, 2.75) is 78.2 Å². The molecule has 3 amide bonds. The maximum absolute atomic E-state index is 12.6. The first kappa shape index (κ1) is 27.0. The molecule has 0 rings (SSSR count). The quantitative estimate of drug-likeness (QED) is 0.212. The van der Waals surface area contributed by atoms with Gasteiger partial charge in [-0.1, -0.05) is 27.7 Å². The molecule has 0 saturated carbocycles. The lowest BCUT2D eigenvalue weighted by Crippen LogP contribution is -2.65. The van der Waals surface area contributed by atoms with Crippen molar-refractivity contribution in [1.82, 2.24) is 26.6 Å². The molecule has 0 aromatic rings. The number of aldehydes is 1. The largest absolute Gasteiger partial charge is 0.357 e.